The minimum atomic E-state index is 0.289. The normalized spacial score (nSPS) is 11.2. The maximum atomic E-state index is 6.31. The van der Waals surface area contributed by atoms with Crippen LogP contribution in [0.1, 0.15) is 25.3 Å². The van der Waals surface area contributed by atoms with Crippen LogP contribution in [-0.4, -0.2) is 9.78 Å². The highest BCUT2D eigenvalue weighted by atomic mass is 16.3. The van der Waals surface area contributed by atoms with Gasteiger partial charge in [0.05, 0.1) is 18.2 Å². The summed E-state index contributed by atoms with van der Waals surface area (Å²) in [6.07, 6.45) is 3.35. The van der Waals surface area contributed by atoms with Gasteiger partial charge < -0.3 is 10.2 Å². The molecule has 0 radical (unpaired) electrons. The molecule has 0 aliphatic carbocycles. The first-order valence-corrected chi connectivity index (χ1v) is 6.65. The van der Waals surface area contributed by atoms with Crippen molar-refractivity contribution in [2.24, 2.45) is 0 Å². The predicted molar refractivity (Wildman–Crippen MR) is 79.8 cm³/mol. The average Bonchev–Trinajstić information content (AvgIpc) is 3.06. The lowest BCUT2D eigenvalue weighted by Crippen LogP contribution is -2.03. The van der Waals surface area contributed by atoms with Gasteiger partial charge in [-0.3, -0.25) is 0 Å². The molecule has 3 rings (SSSR count). The van der Waals surface area contributed by atoms with E-state index in [1.165, 1.54) is 0 Å². The molecule has 4 heteroatoms. The molecule has 20 heavy (non-hydrogen) atoms. The van der Waals surface area contributed by atoms with Gasteiger partial charge >= 0.3 is 0 Å². The van der Waals surface area contributed by atoms with Gasteiger partial charge in [-0.2, -0.15) is 5.10 Å². The second kappa shape index (κ2) is 4.89. The van der Waals surface area contributed by atoms with Gasteiger partial charge in [0.2, 0.25) is 0 Å². The van der Waals surface area contributed by atoms with Crippen LogP contribution in [-0.2, 0) is 0 Å². The fourth-order valence-corrected chi connectivity index (χ4v) is 2.39. The van der Waals surface area contributed by atoms with Crippen molar-refractivity contribution in [3.63, 3.8) is 0 Å². The third-order valence-corrected chi connectivity index (χ3v) is 3.33. The molecular formula is C16H17N3O. The van der Waals surface area contributed by atoms with Gasteiger partial charge in [-0.1, -0.05) is 32.0 Å². The third-order valence-electron chi connectivity index (χ3n) is 3.33. The lowest BCUT2D eigenvalue weighted by molar-refractivity contribution is 0.568. The minimum absolute atomic E-state index is 0.289. The molecule has 0 aliphatic heterocycles. The molecule has 0 amide bonds. The second-order valence-electron chi connectivity index (χ2n) is 5.06. The molecule has 102 valence electrons. The van der Waals surface area contributed by atoms with Gasteiger partial charge in [0.25, 0.3) is 0 Å². The summed E-state index contributed by atoms with van der Waals surface area (Å²) in [6, 6.07) is 11.8. The Balaban J connectivity index is 2.22. The zero-order valence-corrected chi connectivity index (χ0v) is 11.6. The first kappa shape index (κ1) is 12.5. The number of hydrogen-bond acceptors (Lipinski definition) is 3. The molecule has 0 saturated heterocycles. The van der Waals surface area contributed by atoms with E-state index in [0.29, 0.717) is 5.82 Å². The van der Waals surface area contributed by atoms with Gasteiger partial charge in [-0.15, -0.1) is 0 Å². The van der Waals surface area contributed by atoms with Gasteiger partial charge in [0.1, 0.15) is 11.5 Å². The number of rotatable bonds is 3. The maximum Gasteiger partial charge on any atom is 0.131 e. The summed E-state index contributed by atoms with van der Waals surface area (Å²) in [4.78, 5) is 0. The number of hydrogen-bond donors (Lipinski definition) is 1. The molecule has 0 atom stereocenters. The fraction of sp³-hybridized carbons (Fsp3) is 0.188. The van der Waals surface area contributed by atoms with Crippen LogP contribution in [0.5, 0.6) is 0 Å². The topological polar surface area (TPSA) is 57.0 Å². The molecule has 0 fully saturated rings. The van der Waals surface area contributed by atoms with Crippen LogP contribution < -0.4 is 5.73 Å². The summed E-state index contributed by atoms with van der Waals surface area (Å²) in [7, 11) is 0. The Kier molecular flexibility index (Phi) is 3.06. The van der Waals surface area contributed by atoms with E-state index < -0.39 is 0 Å². The molecule has 0 unspecified atom stereocenters. The number of aromatic nitrogens is 2. The zero-order valence-electron chi connectivity index (χ0n) is 11.6. The minimum Gasteiger partial charge on any atom is -0.472 e. The molecule has 0 aliphatic rings. The summed E-state index contributed by atoms with van der Waals surface area (Å²) in [6.45, 7) is 4.23. The number of para-hydroxylation sites is 1. The van der Waals surface area contributed by atoms with Crippen LogP contribution in [0.25, 0.3) is 16.9 Å². The van der Waals surface area contributed by atoms with E-state index in [9.17, 15) is 0 Å². The molecule has 3 aromatic rings. The summed E-state index contributed by atoms with van der Waals surface area (Å²) in [5, 5.41) is 4.68. The van der Waals surface area contributed by atoms with Gasteiger partial charge in [0, 0.05) is 11.1 Å². The van der Waals surface area contributed by atoms with Crippen molar-refractivity contribution < 1.29 is 4.42 Å². The maximum absolute atomic E-state index is 6.31. The van der Waals surface area contributed by atoms with Gasteiger partial charge in [0.15, 0.2) is 0 Å². The molecule has 0 saturated carbocycles. The molecular weight excluding hydrogens is 250 g/mol. The molecule has 2 N–H and O–H groups in total. The predicted octanol–water partition coefficient (Wildman–Crippen LogP) is 3.84. The highest BCUT2D eigenvalue weighted by Gasteiger charge is 2.20. The summed E-state index contributed by atoms with van der Waals surface area (Å²) in [5.41, 5.74) is 10.2. The van der Waals surface area contributed by atoms with E-state index in [-0.39, 0.29) is 5.92 Å². The third kappa shape index (κ3) is 1.99. The largest absolute Gasteiger partial charge is 0.472 e. The van der Waals surface area contributed by atoms with E-state index in [1.54, 1.807) is 17.2 Å². The van der Waals surface area contributed by atoms with E-state index in [0.717, 1.165) is 22.5 Å². The molecule has 2 heterocycles. The number of anilines is 1. The first-order chi connectivity index (χ1) is 9.68. The summed E-state index contributed by atoms with van der Waals surface area (Å²) in [5.74, 6) is 0.972. The van der Waals surface area contributed by atoms with Crippen molar-refractivity contribution in [2.75, 3.05) is 5.73 Å². The van der Waals surface area contributed by atoms with Gasteiger partial charge in [-0.05, 0) is 24.1 Å². The van der Waals surface area contributed by atoms with Crippen molar-refractivity contribution in [3.05, 3.63) is 54.5 Å². The number of nitrogen functional groups attached to an aromatic ring is 1. The summed E-state index contributed by atoms with van der Waals surface area (Å²) < 4.78 is 6.96. The number of nitrogens with two attached hydrogens (primary N) is 1. The van der Waals surface area contributed by atoms with Crippen molar-refractivity contribution in [1.82, 2.24) is 9.78 Å². The fourth-order valence-electron chi connectivity index (χ4n) is 2.39. The van der Waals surface area contributed by atoms with Crippen LogP contribution in [0, 0.1) is 0 Å². The SMILES string of the molecule is CC(C)c1c(-c2ccoc2)nn(-c2ccccc2)c1N. The van der Waals surface area contributed by atoms with Crippen LogP contribution in [0.4, 0.5) is 5.82 Å². The standard InChI is InChI=1S/C16H17N3O/c1-11(2)14-15(12-8-9-20-10-12)18-19(16(14)17)13-6-4-3-5-7-13/h3-11H,17H2,1-2H3. The van der Waals surface area contributed by atoms with Crippen molar-refractivity contribution >= 4 is 5.82 Å². The Hall–Kier alpha value is -2.49. The molecule has 2 aromatic heterocycles. The number of furan rings is 1. The zero-order chi connectivity index (χ0) is 14.1. The first-order valence-electron chi connectivity index (χ1n) is 6.65. The average molecular weight is 267 g/mol. The quantitative estimate of drug-likeness (QED) is 0.784. The number of nitrogens with zero attached hydrogens (tertiary/aromatic N) is 2. The molecule has 0 spiro atoms. The lowest BCUT2D eigenvalue weighted by atomic mass is 10.0. The summed E-state index contributed by atoms with van der Waals surface area (Å²) >= 11 is 0. The van der Waals surface area contributed by atoms with Gasteiger partial charge in [-0.25, -0.2) is 4.68 Å². The van der Waals surface area contributed by atoms with E-state index in [4.69, 9.17) is 10.2 Å². The van der Waals surface area contributed by atoms with Crippen molar-refractivity contribution in [3.8, 4) is 16.9 Å². The second-order valence-corrected chi connectivity index (χ2v) is 5.06. The van der Waals surface area contributed by atoms with Crippen molar-refractivity contribution in [1.29, 1.82) is 0 Å². The molecule has 1 aromatic carbocycles. The van der Waals surface area contributed by atoms with Crippen LogP contribution in [0.2, 0.25) is 0 Å². The lowest BCUT2D eigenvalue weighted by Gasteiger charge is -2.07. The molecule has 0 bridgehead atoms. The Labute approximate surface area is 117 Å². The monoisotopic (exact) mass is 267 g/mol. The van der Waals surface area contributed by atoms with Crippen molar-refractivity contribution in [2.45, 2.75) is 19.8 Å². The smallest absolute Gasteiger partial charge is 0.131 e. The highest BCUT2D eigenvalue weighted by Crippen LogP contribution is 2.34. The van der Waals surface area contributed by atoms with Crippen LogP contribution in [0.3, 0.4) is 0 Å². The Morgan fingerprint density at radius 2 is 1.90 bits per heavy atom. The molecule has 4 nitrogen and oxygen atoms in total. The Morgan fingerprint density at radius 3 is 2.50 bits per heavy atom. The Morgan fingerprint density at radius 1 is 1.15 bits per heavy atom. The highest BCUT2D eigenvalue weighted by molar-refractivity contribution is 5.69. The van der Waals surface area contributed by atoms with E-state index in [2.05, 4.69) is 18.9 Å². The number of benzene rings is 1. The van der Waals surface area contributed by atoms with Crippen LogP contribution >= 0.6 is 0 Å². The van der Waals surface area contributed by atoms with E-state index >= 15 is 0 Å². The Bertz CT molecular complexity index is 697. The van der Waals surface area contributed by atoms with Crippen LogP contribution in [0.15, 0.2) is 53.3 Å². The van der Waals surface area contributed by atoms with E-state index in [1.807, 2.05) is 36.4 Å².